The maximum absolute atomic E-state index is 13.3. The van der Waals surface area contributed by atoms with E-state index in [1.54, 1.807) is 34.5 Å². The molecule has 1 N–H and O–H groups in total. The van der Waals surface area contributed by atoms with Crippen LogP contribution < -0.4 is 15.7 Å². The van der Waals surface area contributed by atoms with Gasteiger partial charge in [-0.15, -0.1) is 0 Å². The molecule has 8 nitrogen and oxygen atoms in total. The summed E-state index contributed by atoms with van der Waals surface area (Å²) in [6.45, 7) is 4.84. The van der Waals surface area contributed by atoms with Crippen molar-refractivity contribution in [2.45, 2.75) is 13.8 Å². The first-order chi connectivity index (χ1) is 16.4. The molecular weight excluding hydrogens is 452 g/mol. The lowest BCUT2D eigenvalue weighted by molar-refractivity contribution is 0.398. The van der Waals surface area contributed by atoms with E-state index >= 15 is 0 Å². The molecule has 172 valence electrons. The maximum atomic E-state index is 13.3. The van der Waals surface area contributed by atoms with E-state index in [1.165, 1.54) is 7.11 Å². The molecule has 0 aliphatic heterocycles. The van der Waals surface area contributed by atoms with E-state index in [1.807, 2.05) is 31.3 Å². The van der Waals surface area contributed by atoms with Gasteiger partial charge in [-0.25, -0.2) is 4.79 Å². The Hall–Kier alpha value is -3.91. The fourth-order valence-corrected chi connectivity index (χ4v) is 4.38. The highest BCUT2D eigenvalue weighted by molar-refractivity contribution is 6.31. The Morgan fingerprint density at radius 2 is 1.91 bits per heavy atom. The van der Waals surface area contributed by atoms with Crippen LogP contribution in [0.25, 0.3) is 38.8 Å². The number of rotatable bonds is 5. The lowest BCUT2D eigenvalue weighted by Crippen LogP contribution is -2.21. The van der Waals surface area contributed by atoms with Crippen molar-refractivity contribution in [3.8, 4) is 22.7 Å². The van der Waals surface area contributed by atoms with Gasteiger partial charge in [0, 0.05) is 36.8 Å². The second-order valence-electron chi connectivity index (χ2n) is 7.95. The first-order valence-electron chi connectivity index (χ1n) is 10.8. The Bertz CT molecular complexity index is 1620. The molecule has 0 atom stereocenters. The van der Waals surface area contributed by atoms with E-state index in [-0.39, 0.29) is 10.8 Å². The molecule has 9 heteroatoms. The van der Waals surface area contributed by atoms with E-state index < -0.39 is 0 Å². The van der Waals surface area contributed by atoms with Crippen LogP contribution >= 0.6 is 11.6 Å². The molecule has 0 fully saturated rings. The Balaban J connectivity index is 1.80. The fraction of sp³-hybridized carbons (Fsp3) is 0.200. The SMILES string of the molecule is CCNc1cc(-c2ccc3ncc4c(c3c2)n(-c2ccc(OC)nc2Cl)c(=O)n4C)cnc1C. The number of aryl methyl sites for hydroxylation is 2. The second-order valence-corrected chi connectivity index (χ2v) is 8.31. The summed E-state index contributed by atoms with van der Waals surface area (Å²) in [5.41, 5.74) is 6.26. The number of hydrogen-bond donors (Lipinski definition) is 1. The topological polar surface area (TPSA) is 86.9 Å². The van der Waals surface area contributed by atoms with Gasteiger partial charge in [-0.05, 0) is 43.7 Å². The predicted molar refractivity (Wildman–Crippen MR) is 135 cm³/mol. The van der Waals surface area contributed by atoms with Crippen LogP contribution in [0.5, 0.6) is 5.88 Å². The van der Waals surface area contributed by atoms with E-state index in [0.717, 1.165) is 40.0 Å². The number of pyridine rings is 3. The average Bonchev–Trinajstić information content (AvgIpc) is 3.10. The van der Waals surface area contributed by atoms with Gasteiger partial charge in [-0.2, -0.15) is 4.98 Å². The first kappa shape index (κ1) is 21.9. The monoisotopic (exact) mass is 474 g/mol. The molecule has 0 aliphatic carbocycles. The van der Waals surface area contributed by atoms with Crippen molar-refractivity contribution in [3.05, 3.63) is 70.1 Å². The smallest absolute Gasteiger partial charge is 0.333 e. The fourth-order valence-electron chi connectivity index (χ4n) is 4.15. The molecule has 0 bridgehead atoms. The number of nitrogens with zero attached hydrogens (tertiary/aromatic N) is 5. The van der Waals surface area contributed by atoms with Crippen molar-refractivity contribution >= 4 is 39.2 Å². The molecule has 0 saturated carbocycles. The van der Waals surface area contributed by atoms with Gasteiger partial charge >= 0.3 is 5.69 Å². The second kappa shape index (κ2) is 8.46. The maximum Gasteiger partial charge on any atom is 0.333 e. The Morgan fingerprint density at radius 1 is 1.09 bits per heavy atom. The minimum absolute atomic E-state index is 0.174. The highest BCUT2D eigenvalue weighted by Gasteiger charge is 2.19. The summed E-state index contributed by atoms with van der Waals surface area (Å²) in [5.74, 6) is 0.374. The lowest BCUT2D eigenvalue weighted by Gasteiger charge is -2.11. The molecule has 5 rings (SSSR count). The summed E-state index contributed by atoms with van der Waals surface area (Å²) >= 11 is 6.47. The third-order valence-corrected chi connectivity index (χ3v) is 6.20. The number of hydrogen-bond acceptors (Lipinski definition) is 6. The molecule has 0 unspecified atom stereocenters. The lowest BCUT2D eigenvalue weighted by atomic mass is 10.0. The molecule has 4 aromatic heterocycles. The molecule has 0 amide bonds. The van der Waals surface area contributed by atoms with Gasteiger partial charge < -0.3 is 10.1 Å². The first-order valence-corrected chi connectivity index (χ1v) is 11.2. The molecule has 0 spiro atoms. The van der Waals surface area contributed by atoms with E-state index in [9.17, 15) is 4.79 Å². The Kier molecular flexibility index (Phi) is 5.45. The zero-order chi connectivity index (χ0) is 24.0. The molecular formula is C25H23ClN6O2. The van der Waals surface area contributed by atoms with Gasteiger partial charge in [0.15, 0.2) is 5.15 Å². The van der Waals surface area contributed by atoms with Gasteiger partial charge in [0.1, 0.15) is 0 Å². The minimum Gasteiger partial charge on any atom is -0.481 e. The average molecular weight is 475 g/mol. The molecule has 1 aromatic carbocycles. The summed E-state index contributed by atoms with van der Waals surface area (Å²) in [5, 5.41) is 4.35. The summed E-state index contributed by atoms with van der Waals surface area (Å²) in [6.07, 6.45) is 3.56. The van der Waals surface area contributed by atoms with Crippen molar-refractivity contribution in [1.82, 2.24) is 24.1 Å². The van der Waals surface area contributed by atoms with Gasteiger partial charge in [0.2, 0.25) is 5.88 Å². The van der Waals surface area contributed by atoms with Crippen LogP contribution in [0.2, 0.25) is 5.15 Å². The summed E-state index contributed by atoms with van der Waals surface area (Å²) in [6, 6.07) is 11.5. The summed E-state index contributed by atoms with van der Waals surface area (Å²) < 4.78 is 8.31. The molecule has 0 aliphatic rings. The molecule has 34 heavy (non-hydrogen) atoms. The number of aromatic nitrogens is 5. The van der Waals surface area contributed by atoms with Crippen LogP contribution in [0, 0.1) is 6.92 Å². The van der Waals surface area contributed by atoms with Crippen LogP contribution in [-0.2, 0) is 7.05 Å². The van der Waals surface area contributed by atoms with Crippen molar-refractivity contribution in [2.24, 2.45) is 7.05 Å². The van der Waals surface area contributed by atoms with Crippen LogP contribution in [0.4, 0.5) is 5.69 Å². The van der Waals surface area contributed by atoms with Crippen LogP contribution in [0.15, 0.2) is 53.6 Å². The minimum atomic E-state index is -0.241. The summed E-state index contributed by atoms with van der Waals surface area (Å²) in [4.78, 5) is 26.7. The largest absolute Gasteiger partial charge is 0.481 e. The van der Waals surface area contributed by atoms with E-state index in [2.05, 4.69) is 33.3 Å². The van der Waals surface area contributed by atoms with Crippen molar-refractivity contribution in [1.29, 1.82) is 0 Å². The van der Waals surface area contributed by atoms with Crippen LogP contribution in [0.1, 0.15) is 12.6 Å². The van der Waals surface area contributed by atoms with Crippen LogP contribution in [0.3, 0.4) is 0 Å². The summed E-state index contributed by atoms with van der Waals surface area (Å²) in [7, 11) is 3.24. The third-order valence-electron chi connectivity index (χ3n) is 5.92. The highest BCUT2D eigenvalue weighted by Crippen LogP contribution is 2.32. The number of benzene rings is 1. The van der Waals surface area contributed by atoms with Crippen molar-refractivity contribution in [2.75, 3.05) is 19.0 Å². The number of ether oxygens (including phenoxy) is 1. The van der Waals surface area contributed by atoms with Gasteiger partial charge in [0.05, 0.1) is 46.9 Å². The van der Waals surface area contributed by atoms with Crippen molar-refractivity contribution < 1.29 is 4.74 Å². The third kappa shape index (κ3) is 3.47. The molecule has 0 radical (unpaired) electrons. The quantitative estimate of drug-likeness (QED) is 0.370. The van der Waals surface area contributed by atoms with Gasteiger partial charge in [-0.3, -0.25) is 19.1 Å². The number of imidazole rings is 1. The number of nitrogens with one attached hydrogen (secondary N) is 1. The number of halogens is 1. The number of methoxy groups -OCH3 is 1. The van der Waals surface area contributed by atoms with E-state index in [0.29, 0.717) is 22.6 Å². The Morgan fingerprint density at radius 3 is 2.65 bits per heavy atom. The van der Waals surface area contributed by atoms with Crippen LogP contribution in [-0.4, -0.2) is 37.7 Å². The number of anilines is 1. The van der Waals surface area contributed by atoms with Crippen molar-refractivity contribution in [3.63, 3.8) is 0 Å². The Labute approximate surface area is 200 Å². The van der Waals surface area contributed by atoms with Gasteiger partial charge in [-0.1, -0.05) is 17.7 Å². The zero-order valence-electron chi connectivity index (χ0n) is 19.3. The molecule has 4 heterocycles. The highest BCUT2D eigenvalue weighted by atomic mass is 35.5. The van der Waals surface area contributed by atoms with E-state index in [4.69, 9.17) is 16.3 Å². The van der Waals surface area contributed by atoms with Gasteiger partial charge in [0.25, 0.3) is 0 Å². The predicted octanol–water partition coefficient (Wildman–Crippen LogP) is 4.74. The number of fused-ring (bicyclic) bond motifs is 3. The standard InChI is InChI=1S/C25H23ClN6O2/c1-5-27-19-11-16(12-28-14(19)2)15-6-7-18-17(10-15)23-21(13-29-18)31(3)25(33)32(23)20-8-9-22(34-4)30-24(20)26/h6-13,27H,5H2,1-4H3. The zero-order valence-corrected chi connectivity index (χ0v) is 20.0. The molecule has 0 saturated heterocycles. The molecule has 5 aromatic rings. The normalized spacial score (nSPS) is 11.3.